The van der Waals surface area contributed by atoms with E-state index in [4.69, 9.17) is 4.74 Å². The lowest BCUT2D eigenvalue weighted by Gasteiger charge is -2.25. The van der Waals surface area contributed by atoms with E-state index in [1.165, 1.54) is 10.5 Å². The Morgan fingerprint density at radius 3 is 2.77 bits per heavy atom. The summed E-state index contributed by atoms with van der Waals surface area (Å²) >= 11 is 1.70. The average molecular weight is 370 g/mol. The number of thioether (sulfide) groups is 1. The van der Waals surface area contributed by atoms with Crippen molar-refractivity contribution >= 4 is 29.3 Å². The summed E-state index contributed by atoms with van der Waals surface area (Å²) in [6, 6.07) is 13.7. The number of benzene rings is 2. The Morgan fingerprint density at radius 1 is 1.27 bits per heavy atom. The fourth-order valence-corrected chi connectivity index (χ4v) is 3.67. The van der Waals surface area contributed by atoms with Crippen molar-refractivity contribution in [2.45, 2.75) is 24.2 Å². The second kappa shape index (κ2) is 8.27. The first-order valence-electron chi connectivity index (χ1n) is 8.52. The normalized spacial score (nSPS) is 15.8. The zero-order valence-corrected chi connectivity index (χ0v) is 15.7. The second-order valence-electron chi connectivity index (χ2n) is 6.21. The van der Waals surface area contributed by atoms with Crippen LogP contribution in [0.15, 0.2) is 47.4 Å². The van der Waals surface area contributed by atoms with Gasteiger partial charge >= 0.3 is 0 Å². The van der Waals surface area contributed by atoms with E-state index in [-0.39, 0.29) is 18.2 Å². The van der Waals surface area contributed by atoms with Crippen molar-refractivity contribution in [3.63, 3.8) is 0 Å². The summed E-state index contributed by atoms with van der Waals surface area (Å²) in [5.41, 5.74) is 2.70. The highest BCUT2D eigenvalue weighted by molar-refractivity contribution is 7.99. The van der Waals surface area contributed by atoms with E-state index in [9.17, 15) is 9.59 Å². The number of aryl methyl sites for hydroxylation is 1. The minimum Gasteiger partial charge on any atom is -0.497 e. The molecular formula is C20H22N2O3S. The molecule has 0 saturated carbocycles. The van der Waals surface area contributed by atoms with Crippen molar-refractivity contribution in [3.8, 4) is 5.75 Å². The Hall–Kier alpha value is -2.47. The predicted molar refractivity (Wildman–Crippen MR) is 104 cm³/mol. The van der Waals surface area contributed by atoms with E-state index >= 15 is 0 Å². The Balaban J connectivity index is 1.59. The molecular weight excluding hydrogens is 348 g/mol. The number of amides is 2. The van der Waals surface area contributed by atoms with Gasteiger partial charge in [-0.2, -0.15) is 0 Å². The first-order valence-corrected chi connectivity index (χ1v) is 9.50. The molecule has 6 heteroatoms. The Bertz CT molecular complexity index is 805. The minimum atomic E-state index is -0.488. The minimum absolute atomic E-state index is 0.126. The second-order valence-corrected chi connectivity index (χ2v) is 7.38. The van der Waals surface area contributed by atoms with Crippen molar-refractivity contribution in [2.75, 3.05) is 24.7 Å². The van der Waals surface area contributed by atoms with Crippen molar-refractivity contribution in [1.29, 1.82) is 0 Å². The molecule has 1 aliphatic heterocycles. The highest BCUT2D eigenvalue weighted by Crippen LogP contribution is 2.35. The molecule has 136 valence electrons. The highest BCUT2D eigenvalue weighted by Gasteiger charge is 2.30. The largest absolute Gasteiger partial charge is 0.497 e. The molecule has 0 spiro atoms. The summed E-state index contributed by atoms with van der Waals surface area (Å²) in [5.74, 6) is 0.695. The van der Waals surface area contributed by atoms with E-state index in [1.54, 1.807) is 31.0 Å². The van der Waals surface area contributed by atoms with Gasteiger partial charge in [-0.05, 0) is 42.8 Å². The van der Waals surface area contributed by atoms with Crippen LogP contribution in [0.3, 0.4) is 0 Å². The molecule has 0 bridgehead atoms. The molecule has 2 N–H and O–H groups in total. The topological polar surface area (TPSA) is 67.4 Å². The predicted octanol–water partition coefficient (Wildman–Crippen LogP) is 3.34. The van der Waals surface area contributed by atoms with Gasteiger partial charge in [-0.25, -0.2) is 0 Å². The quantitative estimate of drug-likeness (QED) is 0.605. The summed E-state index contributed by atoms with van der Waals surface area (Å²) in [6.07, 6.45) is 0.150. The molecule has 0 aliphatic carbocycles. The standard InChI is InChI=1S/C20H22N2O3S/c1-13-3-6-15(7-4-13)26-10-9-21-20(24)17-12-19(23)22-18-8-5-14(25-2)11-16(17)18/h3-8,11,17H,9-10,12H2,1-2H3,(H,21,24)(H,22,23)/t17-/m1/s1. The molecule has 5 nitrogen and oxygen atoms in total. The number of anilines is 1. The smallest absolute Gasteiger partial charge is 0.228 e. The van der Waals surface area contributed by atoms with Crippen LogP contribution in [0.25, 0.3) is 0 Å². The van der Waals surface area contributed by atoms with Gasteiger partial charge in [0, 0.05) is 29.3 Å². The van der Waals surface area contributed by atoms with Gasteiger partial charge in [-0.15, -0.1) is 11.8 Å². The molecule has 0 saturated heterocycles. The number of nitrogens with one attached hydrogen (secondary N) is 2. The number of hydrogen-bond acceptors (Lipinski definition) is 4. The van der Waals surface area contributed by atoms with Crippen molar-refractivity contribution < 1.29 is 14.3 Å². The molecule has 2 aromatic carbocycles. The van der Waals surface area contributed by atoms with Crippen LogP contribution in [-0.4, -0.2) is 31.2 Å². The summed E-state index contributed by atoms with van der Waals surface area (Å²) < 4.78 is 5.24. The van der Waals surface area contributed by atoms with Gasteiger partial charge < -0.3 is 15.4 Å². The summed E-state index contributed by atoms with van der Waals surface area (Å²) in [4.78, 5) is 25.7. The van der Waals surface area contributed by atoms with E-state index in [0.717, 1.165) is 11.3 Å². The maximum atomic E-state index is 12.6. The third-order valence-corrected chi connectivity index (χ3v) is 5.32. The Kier molecular flexibility index (Phi) is 5.83. The summed E-state index contributed by atoms with van der Waals surface area (Å²) in [6.45, 7) is 2.61. The first kappa shape index (κ1) is 18.3. The zero-order valence-electron chi connectivity index (χ0n) is 14.9. The Morgan fingerprint density at radius 2 is 2.04 bits per heavy atom. The van der Waals surface area contributed by atoms with Crippen molar-refractivity contribution in [3.05, 3.63) is 53.6 Å². The summed E-state index contributed by atoms with van der Waals surface area (Å²) in [7, 11) is 1.58. The van der Waals surface area contributed by atoms with Crippen LogP contribution in [0.2, 0.25) is 0 Å². The first-order chi connectivity index (χ1) is 12.6. The molecule has 2 amide bonds. The number of methoxy groups -OCH3 is 1. The van der Waals surface area contributed by atoms with Crippen LogP contribution in [0.1, 0.15) is 23.5 Å². The van der Waals surface area contributed by atoms with Gasteiger partial charge in [-0.3, -0.25) is 9.59 Å². The maximum absolute atomic E-state index is 12.6. The SMILES string of the molecule is COc1ccc2c(c1)[C@H](C(=O)NCCSc1ccc(C)cc1)CC(=O)N2. The van der Waals surface area contributed by atoms with Gasteiger partial charge in [0.25, 0.3) is 0 Å². The average Bonchev–Trinajstić information content (AvgIpc) is 2.65. The zero-order chi connectivity index (χ0) is 18.5. The summed E-state index contributed by atoms with van der Waals surface area (Å²) in [5, 5.41) is 5.76. The van der Waals surface area contributed by atoms with Crippen molar-refractivity contribution in [1.82, 2.24) is 5.32 Å². The molecule has 2 aromatic rings. The van der Waals surface area contributed by atoms with Gasteiger partial charge in [0.2, 0.25) is 11.8 Å². The van der Waals surface area contributed by atoms with Crippen LogP contribution in [-0.2, 0) is 9.59 Å². The number of fused-ring (bicyclic) bond motifs is 1. The maximum Gasteiger partial charge on any atom is 0.228 e. The van der Waals surface area contributed by atoms with E-state index < -0.39 is 5.92 Å². The number of hydrogen-bond donors (Lipinski definition) is 2. The molecule has 3 rings (SSSR count). The van der Waals surface area contributed by atoms with Gasteiger partial charge in [0.1, 0.15) is 5.75 Å². The molecule has 0 fully saturated rings. The molecule has 1 atom stereocenters. The van der Waals surface area contributed by atoms with E-state index in [2.05, 4.69) is 41.8 Å². The Labute approximate surface area is 157 Å². The van der Waals surface area contributed by atoms with Gasteiger partial charge in [0.05, 0.1) is 13.0 Å². The van der Waals surface area contributed by atoms with Crippen LogP contribution in [0.5, 0.6) is 5.75 Å². The van der Waals surface area contributed by atoms with Crippen LogP contribution < -0.4 is 15.4 Å². The third-order valence-electron chi connectivity index (χ3n) is 4.31. The molecule has 1 aliphatic rings. The molecule has 1 heterocycles. The fraction of sp³-hybridized carbons (Fsp3) is 0.300. The number of carbonyl (C=O) groups excluding carboxylic acids is 2. The van der Waals surface area contributed by atoms with Gasteiger partial charge in [0.15, 0.2) is 0 Å². The lowest BCUT2D eigenvalue weighted by atomic mass is 9.89. The van der Waals surface area contributed by atoms with Crippen LogP contribution in [0, 0.1) is 6.92 Å². The van der Waals surface area contributed by atoms with E-state index in [0.29, 0.717) is 18.0 Å². The lowest BCUT2D eigenvalue weighted by Crippen LogP contribution is -2.36. The van der Waals surface area contributed by atoms with Crippen LogP contribution in [0.4, 0.5) is 5.69 Å². The van der Waals surface area contributed by atoms with Gasteiger partial charge in [-0.1, -0.05) is 17.7 Å². The van der Waals surface area contributed by atoms with Crippen molar-refractivity contribution in [2.24, 2.45) is 0 Å². The van der Waals surface area contributed by atoms with E-state index in [1.807, 2.05) is 6.07 Å². The molecule has 0 radical (unpaired) electrons. The molecule has 0 aromatic heterocycles. The number of rotatable bonds is 6. The fourth-order valence-electron chi connectivity index (χ4n) is 2.90. The third kappa shape index (κ3) is 4.38. The monoisotopic (exact) mass is 370 g/mol. The highest BCUT2D eigenvalue weighted by atomic mass is 32.2. The molecule has 26 heavy (non-hydrogen) atoms. The molecule has 0 unspecified atom stereocenters. The lowest BCUT2D eigenvalue weighted by molar-refractivity contribution is -0.126. The van der Waals surface area contributed by atoms with Crippen LogP contribution >= 0.6 is 11.8 Å². The number of ether oxygens (including phenoxy) is 1. The number of carbonyl (C=O) groups is 2.